The van der Waals surface area contributed by atoms with Gasteiger partial charge in [0.1, 0.15) is 25.0 Å². The first-order valence-corrected chi connectivity index (χ1v) is 9.91. The Morgan fingerprint density at radius 1 is 1.17 bits per heavy atom. The third-order valence-corrected chi connectivity index (χ3v) is 6.08. The van der Waals surface area contributed by atoms with Gasteiger partial charge in [-0.2, -0.15) is 27.0 Å². The highest BCUT2D eigenvalue weighted by atomic mass is 32.1. The molecule has 170 valence electrons. The summed E-state index contributed by atoms with van der Waals surface area (Å²) in [5, 5.41) is 2.90. The Balaban J connectivity index is 0.00000150. The number of ether oxygens (including phenoxy) is 1. The first kappa shape index (κ1) is 26.6. The molecule has 3 fully saturated rings. The van der Waals surface area contributed by atoms with Gasteiger partial charge >= 0.3 is 0 Å². The van der Waals surface area contributed by atoms with Crippen molar-refractivity contribution < 1.29 is 23.5 Å². The first-order chi connectivity index (χ1) is 13.1. The molecular formula is C21H34N2O5S2. The number of hydrogen-bond donors (Lipinski definition) is 1. The molecule has 3 atom stereocenters. The lowest BCUT2D eigenvalue weighted by Gasteiger charge is -2.31. The summed E-state index contributed by atoms with van der Waals surface area (Å²) in [4.78, 5) is 39.6. The molecule has 0 aromatic carbocycles. The van der Waals surface area contributed by atoms with Crippen molar-refractivity contribution in [1.82, 2.24) is 10.2 Å². The standard InChI is InChI=1S/C20H26N2O5.CH4.2H2S/c23-16-12-27-17-6-8-22(18(16)17)20(25)15(10-13-4-2-1-3-5-13)21-19(24)14-7-9-26-11-14;;;/h7,9,11,13,15,17-18H,1-6,8,10,12H2,(H,21,24);1H4;2*1H2/t15-,17+,18+;;;/m0.../s1. The quantitative estimate of drug-likeness (QED) is 0.733. The molecule has 3 heterocycles. The lowest BCUT2D eigenvalue weighted by atomic mass is 9.84. The normalized spacial score (nSPS) is 24.1. The second kappa shape index (κ2) is 11.8. The smallest absolute Gasteiger partial charge is 0.255 e. The second-order valence-corrected chi connectivity index (χ2v) is 7.86. The second-order valence-electron chi connectivity index (χ2n) is 7.86. The molecule has 1 aromatic rings. The Morgan fingerprint density at radius 3 is 2.57 bits per heavy atom. The molecule has 0 unspecified atom stereocenters. The van der Waals surface area contributed by atoms with Gasteiger partial charge in [0.05, 0.1) is 17.9 Å². The largest absolute Gasteiger partial charge is 0.472 e. The van der Waals surface area contributed by atoms with Gasteiger partial charge in [-0.3, -0.25) is 14.4 Å². The van der Waals surface area contributed by atoms with Gasteiger partial charge in [0, 0.05) is 6.54 Å². The maximum Gasteiger partial charge on any atom is 0.255 e. The molecule has 2 saturated heterocycles. The number of hydrogen-bond acceptors (Lipinski definition) is 5. The van der Waals surface area contributed by atoms with Crippen LogP contribution >= 0.6 is 27.0 Å². The van der Waals surface area contributed by atoms with Gasteiger partial charge in [-0.1, -0.05) is 39.5 Å². The minimum absolute atomic E-state index is 0. The summed E-state index contributed by atoms with van der Waals surface area (Å²) in [5.74, 6) is -0.0962. The number of furan rings is 1. The monoisotopic (exact) mass is 458 g/mol. The summed E-state index contributed by atoms with van der Waals surface area (Å²) in [5.41, 5.74) is 0.399. The predicted octanol–water partition coefficient (Wildman–Crippen LogP) is 2.78. The SMILES string of the molecule is C.O=C(N[C@@H](CC1CCCCC1)C(=O)N1CC[C@H]2OCC(=O)[C@H]21)c1ccoc1.S.S. The molecule has 1 saturated carbocycles. The van der Waals surface area contributed by atoms with E-state index >= 15 is 0 Å². The van der Waals surface area contributed by atoms with Crippen molar-refractivity contribution in [1.29, 1.82) is 0 Å². The van der Waals surface area contributed by atoms with Crippen LogP contribution in [0.1, 0.15) is 62.7 Å². The van der Waals surface area contributed by atoms with Crippen molar-refractivity contribution in [2.45, 2.75) is 70.6 Å². The molecule has 7 nitrogen and oxygen atoms in total. The Morgan fingerprint density at radius 2 is 1.90 bits per heavy atom. The Labute approximate surface area is 192 Å². The van der Waals surface area contributed by atoms with E-state index < -0.39 is 12.1 Å². The van der Waals surface area contributed by atoms with Crippen LogP contribution in [0, 0.1) is 5.92 Å². The lowest BCUT2D eigenvalue weighted by molar-refractivity contribution is -0.138. The number of nitrogens with one attached hydrogen (secondary N) is 1. The van der Waals surface area contributed by atoms with Crippen LogP contribution in [0.3, 0.4) is 0 Å². The number of rotatable bonds is 5. The zero-order valence-corrected chi connectivity index (χ0v) is 18.4. The Hall–Kier alpha value is -1.45. The van der Waals surface area contributed by atoms with Crippen molar-refractivity contribution in [3.05, 3.63) is 24.2 Å². The maximum absolute atomic E-state index is 13.3. The van der Waals surface area contributed by atoms with E-state index in [1.807, 2.05) is 0 Å². The summed E-state index contributed by atoms with van der Waals surface area (Å²) in [6, 6.07) is 0.470. The van der Waals surface area contributed by atoms with Crippen molar-refractivity contribution >= 4 is 44.6 Å². The lowest BCUT2D eigenvalue weighted by Crippen LogP contribution is -2.52. The van der Waals surface area contributed by atoms with Crippen molar-refractivity contribution in [3.8, 4) is 0 Å². The van der Waals surface area contributed by atoms with Crippen LogP contribution in [0.4, 0.5) is 0 Å². The summed E-state index contributed by atoms with van der Waals surface area (Å²) in [7, 11) is 0. The summed E-state index contributed by atoms with van der Waals surface area (Å²) in [6.07, 6.45) is 9.64. The zero-order chi connectivity index (χ0) is 18.8. The number of carbonyl (C=O) groups is 3. The molecule has 0 spiro atoms. The number of Topliss-reactive ketones (excluding diaryl/α,β-unsaturated/α-hetero) is 1. The molecule has 9 heteroatoms. The van der Waals surface area contributed by atoms with Crippen LogP contribution in [0.15, 0.2) is 23.0 Å². The number of ketones is 1. The predicted molar refractivity (Wildman–Crippen MR) is 124 cm³/mol. The van der Waals surface area contributed by atoms with Gasteiger partial charge < -0.3 is 19.4 Å². The summed E-state index contributed by atoms with van der Waals surface area (Å²) >= 11 is 0. The van der Waals surface area contributed by atoms with E-state index in [4.69, 9.17) is 9.15 Å². The molecule has 0 radical (unpaired) electrons. The van der Waals surface area contributed by atoms with Crippen LogP contribution in [-0.2, 0) is 14.3 Å². The van der Waals surface area contributed by atoms with E-state index in [0.29, 0.717) is 30.9 Å². The highest BCUT2D eigenvalue weighted by Gasteiger charge is 2.48. The molecule has 1 aromatic heterocycles. The molecule has 2 amide bonds. The highest BCUT2D eigenvalue weighted by Crippen LogP contribution is 2.31. The number of likely N-dealkylation sites (tertiary alicyclic amines) is 1. The van der Waals surface area contributed by atoms with Crippen molar-refractivity contribution in [2.75, 3.05) is 13.2 Å². The molecule has 1 N–H and O–H groups in total. The van der Waals surface area contributed by atoms with E-state index in [1.165, 1.54) is 31.8 Å². The topological polar surface area (TPSA) is 88.9 Å². The fourth-order valence-corrected chi connectivity index (χ4v) is 4.65. The van der Waals surface area contributed by atoms with Gasteiger partial charge in [0.25, 0.3) is 5.91 Å². The van der Waals surface area contributed by atoms with Crippen LogP contribution in [0.5, 0.6) is 0 Å². The van der Waals surface area contributed by atoms with Crippen LogP contribution in [0.25, 0.3) is 0 Å². The van der Waals surface area contributed by atoms with E-state index in [9.17, 15) is 14.4 Å². The number of amides is 2. The fourth-order valence-electron chi connectivity index (χ4n) is 4.65. The number of nitrogens with zero attached hydrogens (tertiary/aromatic N) is 1. The van der Waals surface area contributed by atoms with E-state index in [0.717, 1.165) is 12.8 Å². The third kappa shape index (κ3) is 5.62. The molecule has 4 rings (SSSR count). The van der Waals surface area contributed by atoms with Gasteiger partial charge in [0.15, 0.2) is 5.78 Å². The zero-order valence-electron chi connectivity index (χ0n) is 16.4. The van der Waals surface area contributed by atoms with E-state index in [1.54, 1.807) is 11.0 Å². The van der Waals surface area contributed by atoms with Crippen LogP contribution < -0.4 is 5.32 Å². The van der Waals surface area contributed by atoms with Gasteiger partial charge in [-0.25, -0.2) is 0 Å². The minimum atomic E-state index is -0.623. The molecular weight excluding hydrogens is 424 g/mol. The van der Waals surface area contributed by atoms with E-state index in [-0.39, 0.29) is 64.7 Å². The van der Waals surface area contributed by atoms with Crippen LogP contribution in [0.2, 0.25) is 0 Å². The van der Waals surface area contributed by atoms with Gasteiger partial charge in [-0.05, 0) is 24.8 Å². The average molecular weight is 459 g/mol. The number of fused-ring (bicyclic) bond motifs is 1. The minimum Gasteiger partial charge on any atom is -0.472 e. The third-order valence-electron chi connectivity index (χ3n) is 6.08. The van der Waals surface area contributed by atoms with Crippen molar-refractivity contribution in [2.24, 2.45) is 5.92 Å². The Bertz CT molecular complexity index is 706. The summed E-state index contributed by atoms with van der Waals surface area (Å²) in [6.45, 7) is 0.580. The molecule has 1 aliphatic carbocycles. The molecule has 30 heavy (non-hydrogen) atoms. The number of carbonyl (C=O) groups excluding carboxylic acids is 3. The van der Waals surface area contributed by atoms with E-state index in [2.05, 4.69) is 5.32 Å². The molecule has 3 aliphatic rings. The molecule has 2 aliphatic heterocycles. The highest BCUT2D eigenvalue weighted by molar-refractivity contribution is 7.59. The Kier molecular flexibility index (Phi) is 10.5. The van der Waals surface area contributed by atoms with Crippen LogP contribution in [-0.4, -0.2) is 53.8 Å². The average Bonchev–Trinajstić information content (AvgIpc) is 3.41. The first-order valence-electron chi connectivity index (χ1n) is 9.91. The molecule has 0 bridgehead atoms. The van der Waals surface area contributed by atoms with Crippen molar-refractivity contribution in [3.63, 3.8) is 0 Å². The van der Waals surface area contributed by atoms with Gasteiger partial charge in [-0.15, -0.1) is 0 Å². The maximum atomic E-state index is 13.3. The van der Waals surface area contributed by atoms with Gasteiger partial charge in [0.2, 0.25) is 5.91 Å². The fraction of sp³-hybridized carbons (Fsp3) is 0.667. The summed E-state index contributed by atoms with van der Waals surface area (Å²) < 4.78 is 10.5.